The second kappa shape index (κ2) is 5.68. The van der Waals surface area contributed by atoms with Crippen molar-refractivity contribution in [1.29, 1.82) is 0 Å². The molecule has 0 aromatic rings. The molecule has 0 aromatic carbocycles. The van der Waals surface area contributed by atoms with Crippen LogP contribution in [0.3, 0.4) is 0 Å². The van der Waals surface area contributed by atoms with Gasteiger partial charge in [0.1, 0.15) is 0 Å². The molecule has 0 radical (unpaired) electrons. The van der Waals surface area contributed by atoms with Crippen LogP contribution in [0.2, 0.25) is 0 Å². The van der Waals surface area contributed by atoms with E-state index in [-0.39, 0.29) is 51.6 Å². The predicted molar refractivity (Wildman–Crippen MR) is 27.8 cm³/mol. The number of hydrogen-bond acceptors (Lipinski definition) is 2. The van der Waals surface area contributed by atoms with Gasteiger partial charge in [0, 0.05) is 0 Å². The molecule has 0 aliphatic rings. The number of rotatable bonds is 0. The monoisotopic (exact) mass is 205 g/mol. The zero-order valence-electron chi connectivity index (χ0n) is 2.90. The second-order valence-corrected chi connectivity index (χ2v) is 1.54. The van der Waals surface area contributed by atoms with Gasteiger partial charge in [-0.05, 0) is 0 Å². The molecule has 0 aliphatic carbocycles. The fraction of sp³-hybridized carbons (Fsp3) is 0. The van der Waals surface area contributed by atoms with E-state index in [0.29, 0.717) is 0 Å². The summed E-state index contributed by atoms with van der Waals surface area (Å²) in [5, 5.41) is 0. The Labute approximate surface area is 77.8 Å². The van der Waals surface area contributed by atoms with E-state index >= 15 is 0 Å². The summed E-state index contributed by atoms with van der Waals surface area (Å²) in [6.07, 6.45) is 0. The maximum absolute atomic E-state index is 8.88. The molecule has 0 atom stereocenters. The molecular formula is H8NO4PSr. The van der Waals surface area contributed by atoms with Crippen molar-refractivity contribution >= 4 is 53.3 Å². The van der Waals surface area contributed by atoms with Crippen molar-refractivity contribution in [3.05, 3.63) is 0 Å². The Morgan fingerprint density at radius 2 is 1.14 bits per heavy atom. The van der Waals surface area contributed by atoms with E-state index in [1.165, 1.54) is 0 Å². The third-order valence-corrected chi connectivity index (χ3v) is 0. The van der Waals surface area contributed by atoms with Gasteiger partial charge in [0.2, 0.25) is 0 Å². The molecule has 0 rings (SSSR count). The predicted octanol–water partition coefficient (Wildman–Crippen LogP) is -1.68. The summed E-state index contributed by atoms with van der Waals surface area (Å²) in [5.74, 6) is 0. The first kappa shape index (κ1) is 15.8. The van der Waals surface area contributed by atoms with E-state index in [1.807, 2.05) is 0 Å². The normalized spacial score (nSPS) is 8.43. The van der Waals surface area contributed by atoms with Crippen molar-refractivity contribution < 1.29 is 19.2 Å². The zero-order chi connectivity index (χ0) is 4.50. The average Bonchev–Trinajstić information content (AvgIpc) is 0.722. The van der Waals surface area contributed by atoms with Crippen molar-refractivity contribution in [3.8, 4) is 0 Å². The fourth-order valence-electron chi connectivity index (χ4n) is 0. The third kappa shape index (κ3) is 96.8. The average molecular weight is 205 g/mol. The van der Waals surface area contributed by atoms with Gasteiger partial charge in [-0.25, -0.2) is 4.57 Å². The summed E-state index contributed by atoms with van der Waals surface area (Å²) in [6, 6.07) is 0. The van der Waals surface area contributed by atoms with Gasteiger partial charge < -0.3 is 20.8 Å². The zero-order valence-corrected chi connectivity index (χ0v) is 3.80. The molecule has 0 saturated heterocycles. The van der Waals surface area contributed by atoms with Crippen LogP contribution in [0.25, 0.3) is 0 Å². The molecule has 0 amide bonds. The van der Waals surface area contributed by atoms with Crippen molar-refractivity contribution in [3.63, 3.8) is 0 Å². The van der Waals surface area contributed by atoms with Gasteiger partial charge in [-0.1, -0.05) is 0 Å². The molecule has 0 heterocycles. The van der Waals surface area contributed by atoms with Gasteiger partial charge in [0.15, 0.2) is 0 Å². The summed E-state index contributed by atoms with van der Waals surface area (Å²) in [4.78, 5) is 21.6. The molecule has 0 aromatic heterocycles. The Bertz CT molecular complexity index is 57.8. The van der Waals surface area contributed by atoms with Crippen molar-refractivity contribution in [2.75, 3.05) is 0 Å². The molecule has 0 saturated carbocycles. The van der Waals surface area contributed by atoms with Crippen LogP contribution >= 0.6 is 7.82 Å². The van der Waals surface area contributed by atoms with E-state index in [2.05, 4.69) is 0 Å². The fourth-order valence-corrected chi connectivity index (χ4v) is 0. The Morgan fingerprint density at radius 3 is 1.14 bits per heavy atom. The molecule has 0 bridgehead atoms. The van der Waals surface area contributed by atoms with Crippen LogP contribution in [0.15, 0.2) is 0 Å². The molecule has 6 N–H and O–H groups in total. The first-order chi connectivity index (χ1) is 2.00. The Balaban J connectivity index is -0.0000000800. The summed E-state index contributed by atoms with van der Waals surface area (Å²) < 4.78 is 8.88. The standard InChI is InChI=1S/H3N.H3O4P.Sr.2H/c;1-5(2,3)4;;;/h1H3;(H3,1,2,3,4);;;. The number of phosphoric acid groups is 1. The first-order valence-electron chi connectivity index (χ1n) is 0.783. The van der Waals surface area contributed by atoms with E-state index in [4.69, 9.17) is 19.2 Å². The van der Waals surface area contributed by atoms with Crippen molar-refractivity contribution in [1.82, 2.24) is 6.15 Å². The van der Waals surface area contributed by atoms with Crippen LogP contribution in [0.1, 0.15) is 0 Å². The van der Waals surface area contributed by atoms with Crippen LogP contribution in [0, 0.1) is 0 Å². The van der Waals surface area contributed by atoms with E-state index in [9.17, 15) is 0 Å². The Kier molecular flexibility index (Phi) is 12.8. The van der Waals surface area contributed by atoms with Gasteiger partial charge in [-0.15, -0.1) is 0 Å². The SMILES string of the molecule is N.O=P(O)(O)O.[SrH2]. The van der Waals surface area contributed by atoms with Crippen LogP contribution in [0.4, 0.5) is 0 Å². The summed E-state index contributed by atoms with van der Waals surface area (Å²) in [5.41, 5.74) is 0. The van der Waals surface area contributed by atoms with Gasteiger partial charge >= 0.3 is 53.3 Å². The second-order valence-electron chi connectivity index (χ2n) is 0.513. The molecule has 7 heavy (non-hydrogen) atoms. The molecular weight excluding hydrogens is 197 g/mol. The van der Waals surface area contributed by atoms with Crippen LogP contribution < -0.4 is 6.15 Å². The molecule has 7 heteroatoms. The van der Waals surface area contributed by atoms with E-state index < -0.39 is 7.82 Å². The van der Waals surface area contributed by atoms with Gasteiger partial charge in [-0.2, -0.15) is 0 Å². The third-order valence-electron chi connectivity index (χ3n) is 0. The van der Waals surface area contributed by atoms with Crippen LogP contribution in [0.5, 0.6) is 0 Å². The maximum atomic E-state index is 8.88. The minimum atomic E-state index is -4.64. The van der Waals surface area contributed by atoms with Crippen molar-refractivity contribution in [2.45, 2.75) is 0 Å². The molecule has 0 spiro atoms. The van der Waals surface area contributed by atoms with Gasteiger partial charge in [-0.3, -0.25) is 0 Å². The first-order valence-corrected chi connectivity index (χ1v) is 2.35. The summed E-state index contributed by atoms with van der Waals surface area (Å²) in [7, 11) is -4.64. The van der Waals surface area contributed by atoms with Gasteiger partial charge in [0.25, 0.3) is 0 Å². The Morgan fingerprint density at radius 1 is 1.14 bits per heavy atom. The molecule has 0 aliphatic heterocycles. The Hall–Kier alpha value is 1.55. The number of hydrogen-bond donors (Lipinski definition) is 4. The molecule has 0 unspecified atom stereocenters. The quantitative estimate of drug-likeness (QED) is 0.278. The minimum absolute atomic E-state index is 0. The summed E-state index contributed by atoms with van der Waals surface area (Å²) >= 11 is 0. The van der Waals surface area contributed by atoms with Gasteiger partial charge in [0.05, 0.1) is 0 Å². The van der Waals surface area contributed by atoms with Crippen LogP contribution in [-0.2, 0) is 4.57 Å². The molecule has 5 nitrogen and oxygen atoms in total. The summed E-state index contributed by atoms with van der Waals surface area (Å²) in [6.45, 7) is 0. The molecule has 0 fully saturated rings. The van der Waals surface area contributed by atoms with Crippen molar-refractivity contribution in [2.24, 2.45) is 0 Å². The van der Waals surface area contributed by atoms with E-state index in [0.717, 1.165) is 0 Å². The van der Waals surface area contributed by atoms with E-state index in [1.54, 1.807) is 0 Å². The topological polar surface area (TPSA) is 113 Å². The molecule has 44 valence electrons. The van der Waals surface area contributed by atoms with Crippen LogP contribution in [-0.4, -0.2) is 60.2 Å².